The van der Waals surface area contributed by atoms with Gasteiger partial charge in [-0.25, -0.2) is 0 Å². The Labute approximate surface area is 144 Å². The fourth-order valence-corrected chi connectivity index (χ4v) is 3.41. The van der Waals surface area contributed by atoms with Crippen molar-refractivity contribution in [1.82, 2.24) is 19.6 Å². The summed E-state index contributed by atoms with van der Waals surface area (Å²) in [6.07, 6.45) is 0. The van der Waals surface area contributed by atoms with Gasteiger partial charge in [0.1, 0.15) is 11.5 Å². The molecule has 1 aromatic rings. The fraction of sp³-hybridized carbons (Fsp3) is 0.667. The summed E-state index contributed by atoms with van der Waals surface area (Å²) < 4.78 is 0. The molecule has 2 N–H and O–H groups in total. The quantitative estimate of drug-likeness (QED) is 0.786. The molecule has 0 unspecified atom stereocenters. The average Bonchev–Trinajstić information content (AvgIpc) is 2.56. The van der Waals surface area contributed by atoms with Gasteiger partial charge in [0.25, 0.3) is 0 Å². The smallest absolute Gasteiger partial charge is 0.120 e. The van der Waals surface area contributed by atoms with E-state index in [0.717, 1.165) is 63.5 Å². The molecule has 6 heteroatoms. The van der Waals surface area contributed by atoms with Crippen LogP contribution in [0, 0.1) is 0 Å². The van der Waals surface area contributed by atoms with Crippen molar-refractivity contribution in [2.24, 2.45) is 0 Å². The van der Waals surface area contributed by atoms with Crippen LogP contribution >= 0.6 is 0 Å². The van der Waals surface area contributed by atoms with E-state index >= 15 is 0 Å². The SMILES string of the molecule is CN1CCN(Cc2cc(O)c(CN3CCN(C)CC3)cc2O)CC1. The maximum atomic E-state index is 10.4. The molecule has 2 heterocycles. The first-order valence-corrected chi connectivity index (χ1v) is 8.87. The van der Waals surface area contributed by atoms with Crippen LogP contribution in [0.25, 0.3) is 0 Å². The van der Waals surface area contributed by atoms with Crippen LogP contribution in [0.2, 0.25) is 0 Å². The van der Waals surface area contributed by atoms with Gasteiger partial charge in [0.15, 0.2) is 0 Å². The van der Waals surface area contributed by atoms with E-state index in [1.54, 1.807) is 12.1 Å². The summed E-state index contributed by atoms with van der Waals surface area (Å²) in [6.45, 7) is 9.59. The minimum Gasteiger partial charge on any atom is -0.508 e. The van der Waals surface area contributed by atoms with E-state index in [1.165, 1.54) is 0 Å². The zero-order chi connectivity index (χ0) is 17.1. The van der Waals surface area contributed by atoms with E-state index in [9.17, 15) is 10.2 Å². The first kappa shape index (κ1) is 17.5. The lowest BCUT2D eigenvalue weighted by Crippen LogP contribution is -2.44. The molecule has 0 radical (unpaired) electrons. The Morgan fingerprint density at radius 1 is 0.667 bits per heavy atom. The van der Waals surface area contributed by atoms with Crippen molar-refractivity contribution < 1.29 is 10.2 Å². The lowest BCUT2D eigenvalue weighted by atomic mass is 10.1. The molecule has 0 bridgehead atoms. The second kappa shape index (κ2) is 7.70. The molecule has 0 aromatic heterocycles. The molecule has 2 aliphatic rings. The maximum Gasteiger partial charge on any atom is 0.120 e. The summed E-state index contributed by atoms with van der Waals surface area (Å²) in [5, 5.41) is 20.8. The fourth-order valence-electron chi connectivity index (χ4n) is 3.41. The molecule has 0 saturated carbocycles. The second-order valence-corrected chi connectivity index (χ2v) is 7.27. The Hall–Kier alpha value is -1.34. The predicted octanol–water partition coefficient (Wildman–Crippen LogP) is 0.593. The van der Waals surface area contributed by atoms with E-state index in [1.807, 2.05) is 0 Å². The normalized spacial score (nSPS) is 22.1. The maximum absolute atomic E-state index is 10.4. The zero-order valence-electron chi connectivity index (χ0n) is 14.9. The minimum absolute atomic E-state index is 0.302. The summed E-state index contributed by atoms with van der Waals surface area (Å²) in [6, 6.07) is 3.50. The number of aromatic hydroxyl groups is 2. The van der Waals surface area contributed by atoms with Gasteiger partial charge in [0.2, 0.25) is 0 Å². The summed E-state index contributed by atoms with van der Waals surface area (Å²) in [5.41, 5.74) is 1.64. The molecule has 2 saturated heterocycles. The molecule has 2 fully saturated rings. The van der Waals surface area contributed by atoms with Gasteiger partial charge in [0.05, 0.1) is 0 Å². The highest BCUT2D eigenvalue weighted by Gasteiger charge is 2.19. The summed E-state index contributed by atoms with van der Waals surface area (Å²) >= 11 is 0. The number of likely N-dealkylation sites (N-methyl/N-ethyl adjacent to an activating group) is 2. The van der Waals surface area contributed by atoms with Crippen LogP contribution in [-0.2, 0) is 13.1 Å². The molecule has 0 spiro atoms. The second-order valence-electron chi connectivity index (χ2n) is 7.27. The molecule has 0 aliphatic carbocycles. The van der Waals surface area contributed by atoms with Crippen molar-refractivity contribution in [3.63, 3.8) is 0 Å². The Kier molecular flexibility index (Phi) is 5.61. The molecule has 2 aliphatic heterocycles. The number of hydrogen-bond acceptors (Lipinski definition) is 6. The summed E-state index contributed by atoms with van der Waals surface area (Å²) in [5.74, 6) is 0.603. The average molecular weight is 334 g/mol. The highest BCUT2D eigenvalue weighted by atomic mass is 16.3. The topological polar surface area (TPSA) is 53.4 Å². The number of piperazine rings is 2. The van der Waals surface area contributed by atoms with Crippen LogP contribution in [0.5, 0.6) is 11.5 Å². The van der Waals surface area contributed by atoms with Gasteiger partial charge in [-0.1, -0.05) is 0 Å². The number of rotatable bonds is 4. The van der Waals surface area contributed by atoms with E-state index < -0.39 is 0 Å². The number of benzene rings is 1. The molecule has 6 nitrogen and oxygen atoms in total. The number of nitrogens with zero attached hydrogens (tertiary/aromatic N) is 4. The lowest BCUT2D eigenvalue weighted by molar-refractivity contribution is 0.145. The van der Waals surface area contributed by atoms with E-state index in [4.69, 9.17) is 0 Å². The van der Waals surface area contributed by atoms with Crippen LogP contribution in [0.15, 0.2) is 12.1 Å². The summed E-state index contributed by atoms with van der Waals surface area (Å²) in [4.78, 5) is 9.28. The van der Waals surface area contributed by atoms with Gasteiger partial charge < -0.3 is 20.0 Å². The number of phenolic OH excluding ortho intramolecular Hbond substituents is 2. The van der Waals surface area contributed by atoms with Gasteiger partial charge >= 0.3 is 0 Å². The summed E-state index contributed by atoms with van der Waals surface area (Å²) in [7, 11) is 4.27. The Bertz CT molecular complexity index is 500. The van der Waals surface area contributed by atoms with Crippen molar-refractivity contribution in [3.05, 3.63) is 23.3 Å². The van der Waals surface area contributed by atoms with Crippen LogP contribution in [0.1, 0.15) is 11.1 Å². The van der Waals surface area contributed by atoms with Crippen LogP contribution in [0.4, 0.5) is 0 Å². The van der Waals surface area contributed by atoms with Gasteiger partial charge in [-0.2, -0.15) is 0 Å². The first-order chi connectivity index (χ1) is 11.5. The number of hydrogen-bond donors (Lipinski definition) is 2. The Morgan fingerprint density at radius 2 is 1.00 bits per heavy atom. The molecule has 24 heavy (non-hydrogen) atoms. The van der Waals surface area contributed by atoms with Crippen LogP contribution in [0.3, 0.4) is 0 Å². The van der Waals surface area contributed by atoms with Gasteiger partial charge in [-0.15, -0.1) is 0 Å². The van der Waals surface area contributed by atoms with Crippen molar-refractivity contribution in [1.29, 1.82) is 0 Å². The van der Waals surface area contributed by atoms with Crippen molar-refractivity contribution in [3.8, 4) is 11.5 Å². The van der Waals surface area contributed by atoms with E-state index in [0.29, 0.717) is 24.6 Å². The third-order valence-corrected chi connectivity index (χ3v) is 5.26. The third kappa shape index (κ3) is 4.39. The molecule has 0 amide bonds. The van der Waals surface area contributed by atoms with Gasteiger partial charge in [-0.3, -0.25) is 9.80 Å². The Morgan fingerprint density at radius 3 is 1.33 bits per heavy atom. The molecule has 1 aromatic carbocycles. The monoisotopic (exact) mass is 334 g/mol. The standard InChI is InChI=1S/C18H30N4O2/c1-19-3-7-21(8-4-19)13-15-11-18(24)16(12-17(15)23)14-22-9-5-20(2)6-10-22/h11-12,23-24H,3-10,13-14H2,1-2H3. The van der Waals surface area contributed by atoms with Crippen LogP contribution < -0.4 is 0 Å². The molecular formula is C18H30N4O2. The number of phenols is 2. The van der Waals surface area contributed by atoms with Crippen molar-refractivity contribution in [2.45, 2.75) is 13.1 Å². The van der Waals surface area contributed by atoms with Crippen molar-refractivity contribution in [2.75, 3.05) is 66.5 Å². The zero-order valence-corrected chi connectivity index (χ0v) is 14.9. The van der Waals surface area contributed by atoms with Gasteiger partial charge in [0, 0.05) is 76.6 Å². The molecule has 0 atom stereocenters. The molecular weight excluding hydrogens is 304 g/mol. The Balaban J connectivity index is 1.62. The van der Waals surface area contributed by atoms with Crippen LogP contribution in [-0.4, -0.2) is 96.3 Å². The van der Waals surface area contributed by atoms with E-state index in [2.05, 4.69) is 33.7 Å². The first-order valence-electron chi connectivity index (χ1n) is 8.87. The highest BCUT2D eigenvalue weighted by Crippen LogP contribution is 2.29. The lowest BCUT2D eigenvalue weighted by Gasteiger charge is -2.33. The van der Waals surface area contributed by atoms with Crippen molar-refractivity contribution >= 4 is 0 Å². The minimum atomic E-state index is 0.302. The molecule has 3 rings (SSSR count). The predicted molar refractivity (Wildman–Crippen MR) is 95.3 cm³/mol. The van der Waals surface area contributed by atoms with E-state index in [-0.39, 0.29) is 0 Å². The van der Waals surface area contributed by atoms with Gasteiger partial charge in [-0.05, 0) is 26.2 Å². The molecule has 134 valence electrons. The third-order valence-electron chi connectivity index (χ3n) is 5.26. The highest BCUT2D eigenvalue weighted by molar-refractivity contribution is 5.45. The largest absolute Gasteiger partial charge is 0.508 e.